The van der Waals surface area contributed by atoms with Crippen LogP contribution in [0.25, 0.3) is 17.2 Å². The van der Waals surface area contributed by atoms with Crippen molar-refractivity contribution in [2.24, 2.45) is 5.92 Å². The summed E-state index contributed by atoms with van der Waals surface area (Å²) in [5.74, 6) is -0.273. The number of benzene rings is 3. The molecule has 4 nitrogen and oxygen atoms in total. The molecule has 2 aliphatic heterocycles. The van der Waals surface area contributed by atoms with Gasteiger partial charge in [-0.25, -0.2) is 0 Å². The molecule has 0 bridgehead atoms. The van der Waals surface area contributed by atoms with Gasteiger partial charge in [-0.15, -0.1) is 0 Å². The minimum absolute atomic E-state index is 0.0501. The van der Waals surface area contributed by atoms with Crippen molar-refractivity contribution in [1.29, 1.82) is 0 Å². The summed E-state index contributed by atoms with van der Waals surface area (Å²) < 4.78 is 45.1. The number of likely N-dealkylation sites (tertiary alicyclic amines) is 1. The van der Waals surface area contributed by atoms with Gasteiger partial charge >= 0.3 is 6.18 Å². The molecule has 0 spiro atoms. The fourth-order valence-electron chi connectivity index (χ4n) is 5.10. The molecule has 2 heterocycles. The minimum Gasteiger partial charge on any atom is -0.508 e. The third-order valence-corrected chi connectivity index (χ3v) is 7.08. The van der Waals surface area contributed by atoms with E-state index in [9.17, 15) is 23.4 Å². The van der Waals surface area contributed by atoms with Gasteiger partial charge in [-0.3, -0.25) is 4.90 Å². The zero-order chi connectivity index (χ0) is 26.2. The first-order valence-corrected chi connectivity index (χ1v) is 12.2. The largest absolute Gasteiger partial charge is 0.508 e. The van der Waals surface area contributed by atoms with Gasteiger partial charge in [0.15, 0.2) is 0 Å². The van der Waals surface area contributed by atoms with Crippen LogP contribution in [-0.4, -0.2) is 40.9 Å². The maximum atomic E-state index is 12.9. The van der Waals surface area contributed by atoms with Crippen LogP contribution in [0.1, 0.15) is 41.7 Å². The first-order chi connectivity index (χ1) is 17.7. The molecule has 3 aromatic rings. The van der Waals surface area contributed by atoms with E-state index in [2.05, 4.69) is 0 Å². The fraction of sp³-hybridized carbons (Fsp3) is 0.267. The quantitative estimate of drug-likeness (QED) is 0.388. The molecular weight excluding hydrogens is 479 g/mol. The lowest BCUT2D eigenvalue weighted by molar-refractivity contribution is -0.170. The van der Waals surface area contributed by atoms with Crippen molar-refractivity contribution >= 4 is 17.2 Å². The highest BCUT2D eigenvalue weighted by Gasteiger charge is 2.43. The Balaban J connectivity index is 1.37. The number of hydrogen-bond donors (Lipinski definition) is 2. The predicted octanol–water partition coefficient (Wildman–Crippen LogP) is 7.06. The highest BCUT2D eigenvalue weighted by molar-refractivity contribution is 5.95. The van der Waals surface area contributed by atoms with Crippen molar-refractivity contribution in [2.45, 2.75) is 25.6 Å². The Labute approximate surface area is 213 Å². The minimum atomic E-state index is -4.12. The fourth-order valence-corrected chi connectivity index (χ4v) is 5.10. The molecule has 0 aliphatic carbocycles. The van der Waals surface area contributed by atoms with Gasteiger partial charge in [0, 0.05) is 24.2 Å². The Morgan fingerprint density at radius 2 is 1.76 bits per heavy atom. The summed E-state index contributed by atoms with van der Waals surface area (Å²) in [6, 6.07) is 19.9. The number of nitrogens with zero attached hydrogens (tertiary/aromatic N) is 1. The van der Waals surface area contributed by atoms with Crippen LogP contribution in [0.2, 0.25) is 0 Å². The third-order valence-electron chi connectivity index (χ3n) is 7.08. The average molecular weight is 508 g/mol. The summed E-state index contributed by atoms with van der Waals surface area (Å²) in [5, 5.41) is 20.1. The molecule has 0 radical (unpaired) electrons. The molecule has 5 rings (SSSR count). The van der Waals surface area contributed by atoms with Gasteiger partial charge in [-0.1, -0.05) is 48.6 Å². The second-order valence-corrected chi connectivity index (χ2v) is 9.62. The number of aromatic hydroxyl groups is 2. The topological polar surface area (TPSA) is 52.9 Å². The van der Waals surface area contributed by atoms with Crippen LogP contribution >= 0.6 is 0 Å². The van der Waals surface area contributed by atoms with Crippen LogP contribution < -0.4 is 4.74 Å². The molecule has 0 aromatic heterocycles. The van der Waals surface area contributed by atoms with E-state index in [-0.39, 0.29) is 24.5 Å². The van der Waals surface area contributed by atoms with Crippen LogP contribution in [0.15, 0.2) is 72.8 Å². The Kier molecular flexibility index (Phi) is 6.73. The van der Waals surface area contributed by atoms with Crippen molar-refractivity contribution in [3.63, 3.8) is 0 Å². The summed E-state index contributed by atoms with van der Waals surface area (Å²) in [7, 11) is 0. The molecule has 2 unspecified atom stereocenters. The summed E-state index contributed by atoms with van der Waals surface area (Å²) in [6.07, 6.45) is -0.580. The van der Waals surface area contributed by atoms with Crippen LogP contribution in [-0.2, 0) is 0 Å². The molecule has 7 heteroatoms. The lowest BCUT2D eigenvalue weighted by Crippen LogP contribution is -2.27. The Morgan fingerprint density at radius 1 is 1.00 bits per heavy atom. The Bertz CT molecular complexity index is 1340. The monoisotopic (exact) mass is 507 g/mol. The van der Waals surface area contributed by atoms with Crippen LogP contribution in [0, 0.1) is 5.92 Å². The molecule has 2 atom stereocenters. The third kappa shape index (κ3) is 5.37. The van der Waals surface area contributed by atoms with E-state index >= 15 is 0 Å². The highest BCUT2D eigenvalue weighted by atomic mass is 19.4. The van der Waals surface area contributed by atoms with Crippen LogP contribution in [0.3, 0.4) is 0 Å². The van der Waals surface area contributed by atoms with Gasteiger partial charge in [0.1, 0.15) is 23.4 Å². The molecule has 2 aliphatic rings. The number of rotatable bonds is 5. The van der Waals surface area contributed by atoms with Gasteiger partial charge in [0.05, 0.1) is 5.92 Å². The number of ether oxygens (including phenoxy) is 1. The van der Waals surface area contributed by atoms with Gasteiger partial charge in [0.2, 0.25) is 0 Å². The molecule has 37 heavy (non-hydrogen) atoms. The van der Waals surface area contributed by atoms with Crippen molar-refractivity contribution in [3.05, 3.63) is 95.1 Å². The number of phenolic OH excluding ortho intramolecular Hbond substituents is 2. The lowest BCUT2D eigenvalue weighted by Gasteiger charge is -2.31. The second-order valence-electron chi connectivity index (χ2n) is 9.62. The first-order valence-electron chi connectivity index (χ1n) is 12.2. The molecule has 0 saturated carbocycles. The summed E-state index contributed by atoms with van der Waals surface area (Å²) in [4.78, 5) is 1.82. The summed E-state index contributed by atoms with van der Waals surface area (Å²) >= 11 is 0. The highest BCUT2D eigenvalue weighted by Crippen LogP contribution is 2.47. The molecule has 1 saturated heterocycles. The molecule has 3 aromatic carbocycles. The van der Waals surface area contributed by atoms with Crippen molar-refractivity contribution in [3.8, 4) is 17.2 Å². The number of phenols is 2. The number of fused-ring (bicyclic) bond motifs is 1. The summed E-state index contributed by atoms with van der Waals surface area (Å²) in [5.41, 5.74) is 5.31. The first kappa shape index (κ1) is 25.0. The van der Waals surface area contributed by atoms with Gasteiger partial charge in [-0.05, 0) is 72.5 Å². The second kappa shape index (κ2) is 9.98. The van der Waals surface area contributed by atoms with E-state index in [4.69, 9.17) is 4.74 Å². The SMILES string of the molecule is CC1=C(c2cccc(O)c2)C(c2ccc(/C=C/CN3CCC(C(F)(F)F)C3)cc2)Oc2ccc(O)cc21. The normalized spacial score (nSPS) is 20.3. The van der Waals surface area contributed by atoms with Crippen molar-refractivity contribution in [1.82, 2.24) is 4.90 Å². The number of allylic oxidation sites excluding steroid dienone is 1. The Morgan fingerprint density at radius 3 is 2.46 bits per heavy atom. The number of halogens is 3. The molecule has 0 amide bonds. The van der Waals surface area contributed by atoms with Gasteiger partial charge in [-0.2, -0.15) is 13.2 Å². The van der Waals surface area contributed by atoms with Gasteiger partial charge in [0.25, 0.3) is 0 Å². The molecule has 192 valence electrons. The zero-order valence-corrected chi connectivity index (χ0v) is 20.4. The van der Waals surface area contributed by atoms with E-state index in [1.165, 1.54) is 0 Å². The number of hydrogen-bond acceptors (Lipinski definition) is 4. The van der Waals surface area contributed by atoms with Gasteiger partial charge < -0.3 is 14.9 Å². The van der Waals surface area contributed by atoms with E-state index < -0.39 is 18.2 Å². The molecule has 1 fully saturated rings. The average Bonchev–Trinajstić information content (AvgIpc) is 3.34. The maximum Gasteiger partial charge on any atom is 0.393 e. The van der Waals surface area contributed by atoms with E-state index in [0.717, 1.165) is 33.4 Å². The van der Waals surface area contributed by atoms with E-state index in [1.54, 1.807) is 36.4 Å². The Hall–Kier alpha value is -3.71. The smallest absolute Gasteiger partial charge is 0.393 e. The zero-order valence-electron chi connectivity index (χ0n) is 20.4. The standard InChI is InChI=1S/C30H28F3NO3/c1-19-26-17-25(36)11-12-27(26)37-29(28(19)22-5-2-6-24(35)16-22)21-9-7-20(8-10-21)4-3-14-34-15-13-23(18-34)30(31,32)33/h2-12,16-17,23,29,35-36H,13-15,18H2,1H3/b4-3+. The molecular formula is C30H28F3NO3. The van der Waals surface area contributed by atoms with Crippen LogP contribution in [0.5, 0.6) is 17.2 Å². The predicted molar refractivity (Wildman–Crippen MR) is 138 cm³/mol. The maximum absolute atomic E-state index is 12.9. The lowest BCUT2D eigenvalue weighted by atomic mass is 9.86. The number of alkyl halides is 3. The molecule has 2 N–H and O–H groups in total. The van der Waals surface area contributed by atoms with Crippen LogP contribution in [0.4, 0.5) is 13.2 Å². The van der Waals surface area contributed by atoms with E-state index in [1.807, 2.05) is 54.3 Å². The van der Waals surface area contributed by atoms with Crippen molar-refractivity contribution in [2.75, 3.05) is 19.6 Å². The van der Waals surface area contributed by atoms with Crippen molar-refractivity contribution < 1.29 is 28.1 Å². The van der Waals surface area contributed by atoms with E-state index in [0.29, 0.717) is 18.8 Å². The summed E-state index contributed by atoms with van der Waals surface area (Å²) in [6.45, 7) is 2.96.